The summed E-state index contributed by atoms with van der Waals surface area (Å²) in [6, 6.07) is 11.3. The number of aryl methyl sites for hydroxylation is 1. The van der Waals surface area contributed by atoms with Crippen molar-refractivity contribution in [1.82, 2.24) is 0 Å². The molecule has 1 aromatic heterocycles. The lowest BCUT2D eigenvalue weighted by Crippen LogP contribution is -2.14. The highest BCUT2D eigenvalue weighted by Gasteiger charge is 2.39. The van der Waals surface area contributed by atoms with E-state index in [2.05, 4.69) is 5.32 Å². The van der Waals surface area contributed by atoms with Gasteiger partial charge in [-0.3, -0.25) is 4.57 Å². The van der Waals surface area contributed by atoms with E-state index >= 15 is 0 Å². The quantitative estimate of drug-likeness (QED) is 0.695. The molecule has 0 aliphatic carbocycles. The average Bonchev–Trinajstić information content (AvgIpc) is 3.01. The maximum atomic E-state index is 13.1. The van der Waals surface area contributed by atoms with E-state index in [0.29, 0.717) is 19.0 Å². The van der Waals surface area contributed by atoms with E-state index in [1.54, 1.807) is 32.2 Å². The summed E-state index contributed by atoms with van der Waals surface area (Å²) in [5.74, 6) is -0.170. The molecule has 0 aliphatic heterocycles. The Morgan fingerprint density at radius 3 is 2.27 bits per heavy atom. The van der Waals surface area contributed by atoms with Crippen molar-refractivity contribution in [3.63, 3.8) is 0 Å². The fourth-order valence-corrected chi connectivity index (χ4v) is 3.97. The molecule has 6 heteroatoms. The van der Waals surface area contributed by atoms with Gasteiger partial charge in [0.1, 0.15) is 5.76 Å². The van der Waals surface area contributed by atoms with Crippen molar-refractivity contribution in [2.24, 2.45) is 0 Å². The zero-order chi connectivity index (χ0) is 16.0. The third kappa shape index (κ3) is 4.01. The highest BCUT2D eigenvalue weighted by atomic mass is 31.2. The molecule has 2 aromatic rings. The molecule has 0 saturated heterocycles. The highest BCUT2D eigenvalue weighted by molar-refractivity contribution is 7.54. The van der Waals surface area contributed by atoms with Crippen molar-refractivity contribution < 1.29 is 18.0 Å². The fourth-order valence-electron chi connectivity index (χ4n) is 2.11. The minimum Gasteiger partial charge on any atom is -0.466 e. The first-order valence-electron chi connectivity index (χ1n) is 7.34. The van der Waals surface area contributed by atoms with Crippen LogP contribution in [0.4, 0.5) is 5.69 Å². The Morgan fingerprint density at radius 1 is 1.14 bits per heavy atom. The zero-order valence-electron chi connectivity index (χ0n) is 13.1. The molecule has 0 bridgehead atoms. The van der Waals surface area contributed by atoms with Gasteiger partial charge in [0.15, 0.2) is 5.78 Å². The van der Waals surface area contributed by atoms with Crippen LogP contribution in [-0.2, 0) is 13.6 Å². The summed E-state index contributed by atoms with van der Waals surface area (Å²) in [7, 11) is -3.40. The van der Waals surface area contributed by atoms with Gasteiger partial charge in [-0.25, -0.2) is 0 Å². The molecule has 1 heterocycles. The molecule has 0 unspecified atom stereocenters. The topological polar surface area (TPSA) is 60.7 Å². The molecular formula is C16H22NO4P. The van der Waals surface area contributed by atoms with E-state index in [4.69, 9.17) is 13.5 Å². The summed E-state index contributed by atoms with van der Waals surface area (Å²) in [5.41, 5.74) is 1.98. The van der Waals surface area contributed by atoms with Gasteiger partial charge in [-0.1, -0.05) is 17.7 Å². The Hall–Kier alpha value is -1.55. The molecular weight excluding hydrogens is 301 g/mol. The predicted molar refractivity (Wildman–Crippen MR) is 87.1 cm³/mol. The minimum absolute atomic E-state index is 0.296. The van der Waals surface area contributed by atoms with Crippen LogP contribution in [0.25, 0.3) is 0 Å². The number of anilines is 1. The molecule has 0 spiro atoms. The summed E-state index contributed by atoms with van der Waals surface area (Å²) >= 11 is 0. The highest BCUT2D eigenvalue weighted by Crippen LogP contribution is 2.60. The third-order valence-corrected chi connectivity index (χ3v) is 5.35. The maximum Gasteiger partial charge on any atom is 0.360 e. The molecule has 0 radical (unpaired) electrons. The fraction of sp³-hybridized carbons (Fsp3) is 0.375. The zero-order valence-corrected chi connectivity index (χ0v) is 14.0. The molecule has 22 heavy (non-hydrogen) atoms. The van der Waals surface area contributed by atoms with Gasteiger partial charge < -0.3 is 18.8 Å². The van der Waals surface area contributed by atoms with Gasteiger partial charge >= 0.3 is 7.60 Å². The lowest BCUT2D eigenvalue weighted by molar-refractivity contribution is 0.211. The number of hydrogen-bond donors (Lipinski definition) is 1. The number of furan rings is 1. The number of hydrogen-bond acceptors (Lipinski definition) is 5. The van der Waals surface area contributed by atoms with Crippen LogP contribution in [0.5, 0.6) is 0 Å². The Bertz CT molecular complexity index is 600. The van der Waals surface area contributed by atoms with Gasteiger partial charge in [-0.15, -0.1) is 0 Å². The minimum atomic E-state index is -3.40. The second-order valence-electron chi connectivity index (χ2n) is 4.80. The first kappa shape index (κ1) is 16.8. The van der Waals surface area contributed by atoms with Gasteiger partial charge in [-0.2, -0.15) is 0 Å². The number of rotatable bonds is 8. The van der Waals surface area contributed by atoms with Gasteiger partial charge in [0.2, 0.25) is 0 Å². The molecule has 5 nitrogen and oxygen atoms in total. The molecule has 1 N–H and O–H groups in total. The monoisotopic (exact) mass is 323 g/mol. The van der Waals surface area contributed by atoms with Crippen LogP contribution >= 0.6 is 7.60 Å². The lowest BCUT2D eigenvalue weighted by Gasteiger charge is -2.26. The number of nitrogens with one attached hydrogen (secondary N) is 1. The first-order valence-corrected chi connectivity index (χ1v) is 8.95. The van der Waals surface area contributed by atoms with E-state index in [9.17, 15) is 4.57 Å². The summed E-state index contributed by atoms with van der Waals surface area (Å²) in [6.45, 7) is 6.18. The van der Waals surface area contributed by atoms with Crippen molar-refractivity contribution in [1.29, 1.82) is 0 Å². The van der Waals surface area contributed by atoms with Crippen LogP contribution in [0.2, 0.25) is 0 Å². The summed E-state index contributed by atoms with van der Waals surface area (Å²) < 4.78 is 29.5. The van der Waals surface area contributed by atoms with Crippen LogP contribution in [0.3, 0.4) is 0 Å². The standard InChI is InChI=1S/C16H22NO4P/c1-4-20-22(18,21-5-2)16(15-7-6-12-19-15)17-14-10-8-13(3)9-11-14/h6-12,16-17H,4-5H2,1-3H3/t16-/m1/s1. The van der Waals surface area contributed by atoms with Crippen molar-refractivity contribution in [2.45, 2.75) is 26.6 Å². The Balaban J connectivity index is 2.33. The summed E-state index contributed by atoms with van der Waals surface area (Å²) in [5, 5.41) is 3.21. The molecule has 0 fully saturated rings. The smallest absolute Gasteiger partial charge is 0.360 e. The van der Waals surface area contributed by atoms with Crippen molar-refractivity contribution in [3.05, 3.63) is 54.0 Å². The van der Waals surface area contributed by atoms with Crippen molar-refractivity contribution >= 4 is 13.3 Å². The van der Waals surface area contributed by atoms with Crippen molar-refractivity contribution in [3.8, 4) is 0 Å². The van der Waals surface area contributed by atoms with E-state index in [1.807, 2.05) is 31.2 Å². The summed E-state index contributed by atoms with van der Waals surface area (Å²) in [6.07, 6.45) is 1.54. The second kappa shape index (κ2) is 7.63. The van der Waals surface area contributed by atoms with E-state index < -0.39 is 13.4 Å². The van der Waals surface area contributed by atoms with Gasteiger partial charge in [0.25, 0.3) is 0 Å². The lowest BCUT2D eigenvalue weighted by atomic mass is 10.2. The van der Waals surface area contributed by atoms with Crippen LogP contribution in [0.15, 0.2) is 47.1 Å². The molecule has 120 valence electrons. The SMILES string of the molecule is CCOP(=O)(OCC)[C@@H](Nc1ccc(C)cc1)c1ccco1. The average molecular weight is 323 g/mol. The number of benzene rings is 1. The van der Waals surface area contributed by atoms with Crippen molar-refractivity contribution in [2.75, 3.05) is 18.5 Å². The largest absolute Gasteiger partial charge is 0.466 e. The Morgan fingerprint density at radius 2 is 1.77 bits per heavy atom. The van der Waals surface area contributed by atoms with Crippen LogP contribution in [0.1, 0.15) is 31.0 Å². The van der Waals surface area contributed by atoms with Crippen LogP contribution < -0.4 is 5.32 Å². The van der Waals surface area contributed by atoms with Crippen LogP contribution in [0, 0.1) is 6.92 Å². The van der Waals surface area contributed by atoms with Gasteiger partial charge in [-0.05, 0) is 45.0 Å². The predicted octanol–water partition coefficient (Wildman–Crippen LogP) is 4.96. The molecule has 2 rings (SSSR count). The first-order chi connectivity index (χ1) is 10.6. The summed E-state index contributed by atoms with van der Waals surface area (Å²) in [4.78, 5) is 0. The normalized spacial score (nSPS) is 13.0. The Labute approximate surface area is 131 Å². The third-order valence-electron chi connectivity index (χ3n) is 3.10. The van der Waals surface area contributed by atoms with Gasteiger partial charge in [0, 0.05) is 5.69 Å². The van der Waals surface area contributed by atoms with Gasteiger partial charge in [0.05, 0.1) is 19.5 Å². The maximum absolute atomic E-state index is 13.1. The van der Waals surface area contributed by atoms with E-state index in [0.717, 1.165) is 11.3 Å². The molecule has 0 amide bonds. The van der Waals surface area contributed by atoms with E-state index in [1.165, 1.54) is 0 Å². The molecule has 0 aliphatic rings. The Kier molecular flexibility index (Phi) is 5.83. The molecule has 0 saturated carbocycles. The molecule has 1 atom stereocenters. The second-order valence-corrected chi connectivity index (χ2v) is 6.92. The van der Waals surface area contributed by atoms with Crippen LogP contribution in [-0.4, -0.2) is 13.2 Å². The van der Waals surface area contributed by atoms with E-state index in [-0.39, 0.29) is 0 Å². The molecule has 1 aromatic carbocycles.